The summed E-state index contributed by atoms with van der Waals surface area (Å²) in [6.07, 6.45) is 3.47. The lowest BCUT2D eigenvalue weighted by Crippen LogP contribution is -2.23. The average molecular weight is 296 g/mol. The van der Waals surface area contributed by atoms with Crippen molar-refractivity contribution in [3.8, 4) is 11.5 Å². The highest BCUT2D eigenvalue weighted by Crippen LogP contribution is 2.34. The number of benzene rings is 2. The van der Waals surface area contributed by atoms with Gasteiger partial charge in [-0.1, -0.05) is 24.3 Å². The molecule has 0 atom stereocenters. The highest BCUT2D eigenvalue weighted by Gasteiger charge is 2.13. The van der Waals surface area contributed by atoms with Crippen LogP contribution in [0.1, 0.15) is 11.1 Å². The van der Waals surface area contributed by atoms with Gasteiger partial charge in [0.1, 0.15) is 0 Å². The molecule has 3 rings (SSSR count). The predicted octanol–water partition coefficient (Wildman–Crippen LogP) is 3.52. The Bertz CT molecular complexity index is 726. The van der Waals surface area contributed by atoms with Crippen molar-refractivity contribution in [3.63, 3.8) is 0 Å². The maximum absolute atomic E-state index is 11.8. The number of aryl methyl sites for hydroxylation is 1. The number of carbonyl (C=O) groups is 1. The molecule has 2 amide bonds. The number of rotatable bonds is 3. The van der Waals surface area contributed by atoms with Gasteiger partial charge in [0.25, 0.3) is 0 Å². The quantitative estimate of drug-likeness (QED) is 0.911. The summed E-state index contributed by atoms with van der Waals surface area (Å²) >= 11 is 0. The van der Waals surface area contributed by atoms with Crippen LogP contribution in [0.4, 0.5) is 10.5 Å². The third-order valence-electron chi connectivity index (χ3n) is 3.30. The average Bonchev–Trinajstić information content (AvgIpc) is 2.97. The van der Waals surface area contributed by atoms with Crippen LogP contribution in [0.25, 0.3) is 6.08 Å². The van der Waals surface area contributed by atoms with Crippen molar-refractivity contribution >= 4 is 17.8 Å². The molecule has 0 aliphatic carbocycles. The van der Waals surface area contributed by atoms with Crippen LogP contribution >= 0.6 is 0 Å². The van der Waals surface area contributed by atoms with E-state index < -0.39 is 0 Å². The number of amides is 2. The van der Waals surface area contributed by atoms with Crippen molar-refractivity contribution in [2.24, 2.45) is 0 Å². The molecule has 5 nitrogen and oxygen atoms in total. The van der Waals surface area contributed by atoms with Gasteiger partial charge in [-0.3, -0.25) is 0 Å². The van der Waals surface area contributed by atoms with E-state index in [1.54, 1.807) is 24.4 Å². The predicted molar refractivity (Wildman–Crippen MR) is 84.9 cm³/mol. The maximum Gasteiger partial charge on any atom is 0.323 e. The Hall–Kier alpha value is -2.95. The van der Waals surface area contributed by atoms with Crippen LogP contribution in [-0.4, -0.2) is 12.8 Å². The second-order valence-corrected chi connectivity index (χ2v) is 4.86. The lowest BCUT2D eigenvalue weighted by atomic mass is 10.1. The van der Waals surface area contributed by atoms with E-state index in [4.69, 9.17) is 9.47 Å². The van der Waals surface area contributed by atoms with Crippen LogP contribution in [-0.2, 0) is 0 Å². The van der Waals surface area contributed by atoms with Crippen molar-refractivity contribution in [2.45, 2.75) is 6.92 Å². The third kappa shape index (κ3) is 3.20. The molecule has 0 aromatic heterocycles. The monoisotopic (exact) mass is 296 g/mol. The lowest BCUT2D eigenvalue weighted by Gasteiger charge is -2.05. The first-order valence-electron chi connectivity index (χ1n) is 6.92. The molecule has 1 heterocycles. The highest BCUT2D eigenvalue weighted by atomic mass is 16.7. The van der Waals surface area contributed by atoms with Crippen LogP contribution in [0, 0.1) is 6.92 Å². The van der Waals surface area contributed by atoms with Gasteiger partial charge >= 0.3 is 6.03 Å². The van der Waals surface area contributed by atoms with Gasteiger partial charge in [0.15, 0.2) is 11.5 Å². The molecule has 0 saturated carbocycles. The molecule has 112 valence electrons. The second-order valence-electron chi connectivity index (χ2n) is 4.86. The molecule has 1 aliphatic heterocycles. The molecule has 0 unspecified atom stereocenters. The summed E-state index contributed by atoms with van der Waals surface area (Å²) in [7, 11) is 0. The van der Waals surface area contributed by atoms with Crippen molar-refractivity contribution in [2.75, 3.05) is 12.1 Å². The number of urea groups is 1. The molecule has 0 bridgehead atoms. The number of anilines is 1. The maximum atomic E-state index is 11.8. The molecule has 22 heavy (non-hydrogen) atoms. The number of hydrogen-bond acceptors (Lipinski definition) is 3. The lowest BCUT2D eigenvalue weighted by molar-refractivity contribution is 0.174. The Morgan fingerprint density at radius 3 is 2.82 bits per heavy atom. The van der Waals surface area contributed by atoms with Gasteiger partial charge in [-0.2, -0.15) is 0 Å². The van der Waals surface area contributed by atoms with Gasteiger partial charge in [0.2, 0.25) is 6.79 Å². The first-order chi connectivity index (χ1) is 10.7. The topological polar surface area (TPSA) is 59.6 Å². The van der Waals surface area contributed by atoms with Crippen molar-refractivity contribution in [1.29, 1.82) is 0 Å². The van der Waals surface area contributed by atoms with E-state index in [1.807, 2.05) is 37.3 Å². The summed E-state index contributed by atoms with van der Waals surface area (Å²) in [5.74, 6) is 1.32. The van der Waals surface area contributed by atoms with E-state index in [1.165, 1.54) is 0 Å². The van der Waals surface area contributed by atoms with Crippen LogP contribution < -0.4 is 20.1 Å². The van der Waals surface area contributed by atoms with Crippen LogP contribution in [0.15, 0.2) is 48.7 Å². The van der Waals surface area contributed by atoms with E-state index in [0.29, 0.717) is 17.2 Å². The minimum Gasteiger partial charge on any atom is -0.454 e. The summed E-state index contributed by atoms with van der Waals surface area (Å²) in [6, 6.07) is 12.9. The zero-order valence-electron chi connectivity index (χ0n) is 12.1. The van der Waals surface area contributed by atoms with Crippen LogP contribution in [0.3, 0.4) is 0 Å². The number of carbonyl (C=O) groups excluding carboxylic acids is 1. The van der Waals surface area contributed by atoms with Crippen LogP contribution in [0.2, 0.25) is 0 Å². The Kier molecular flexibility index (Phi) is 3.96. The van der Waals surface area contributed by atoms with E-state index >= 15 is 0 Å². The van der Waals surface area contributed by atoms with Gasteiger partial charge in [-0.25, -0.2) is 4.79 Å². The van der Waals surface area contributed by atoms with E-state index in [9.17, 15) is 4.79 Å². The summed E-state index contributed by atoms with van der Waals surface area (Å²) in [4.78, 5) is 11.8. The number of hydrogen-bond donors (Lipinski definition) is 2. The Morgan fingerprint density at radius 1 is 1.14 bits per heavy atom. The zero-order valence-corrected chi connectivity index (χ0v) is 12.1. The van der Waals surface area contributed by atoms with Crippen LogP contribution in [0.5, 0.6) is 11.5 Å². The first kappa shape index (κ1) is 14.0. The van der Waals surface area contributed by atoms with Gasteiger partial charge in [-0.15, -0.1) is 0 Å². The van der Waals surface area contributed by atoms with Gasteiger partial charge in [0, 0.05) is 18.0 Å². The fourth-order valence-electron chi connectivity index (χ4n) is 2.12. The molecule has 2 aromatic carbocycles. The van der Waals surface area contributed by atoms with Crippen molar-refractivity contribution < 1.29 is 14.3 Å². The standard InChI is InChI=1S/C17H16N2O3/c1-12-4-2-3-5-13(12)8-9-18-17(20)19-14-6-7-15-16(10-14)22-11-21-15/h2-10H,11H2,1H3,(H2,18,19,20)/b9-8+. The zero-order chi connectivity index (χ0) is 15.4. The summed E-state index contributed by atoms with van der Waals surface area (Å²) in [5, 5.41) is 5.41. The molecular weight excluding hydrogens is 280 g/mol. The Balaban J connectivity index is 1.58. The van der Waals surface area contributed by atoms with Gasteiger partial charge in [0.05, 0.1) is 0 Å². The minimum atomic E-state index is -0.316. The molecule has 0 saturated heterocycles. The second kappa shape index (κ2) is 6.22. The minimum absolute atomic E-state index is 0.212. The summed E-state index contributed by atoms with van der Waals surface area (Å²) in [5.41, 5.74) is 2.86. The molecule has 0 radical (unpaired) electrons. The number of fused-ring (bicyclic) bond motifs is 1. The van der Waals surface area contributed by atoms with Gasteiger partial charge < -0.3 is 20.1 Å². The van der Waals surface area contributed by atoms with E-state index in [2.05, 4.69) is 10.6 Å². The van der Waals surface area contributed by atoms with Gasteiger partial charge in [-0.05, 0) is 36.3 Å². The van der Waals surface area contributed by atoms with Crippen molar-refractivity contribution in [3.05, 3.63) is 59.8 Å². The number of ether oxygens (including phenoxy) is 2. The SMILES string of the molecule is Cc1ccccc1/C=C/NC(=O)Nc1ccc2c(c1)OCO2. The van der Waals surface area contributed by atoms with E-state index in [-0.39, 0.29) is 12.8 Å². The highest BCUT2D eigenvalue weighted by molar-refractivity contribution is 5.90. The fraction of sp³-hybridized carbons (Fsp3) is 0.118. The largest absolute Gasteiger partial charge is 0.454 e. The first-order valence-corrected chi connectivity index (χ1v) is 6.92. The normalized spacial score (nSPS) is 12.4. The Labute approximate surface area is 128 Å². The summed E-state index contributed by atoms with van der Waals surface area (Å²) < 4.78 is 10.5. The molecule has 1 aliphatic rings. The molecular formula is C17H16N2O3. The molecule has 2 N–H and O–H groups in total. The Morgan fingerprint density at radius 2 is 1.95 bits per heavy atom. The molecule has 0 spiro atoms. The summed E-state index contributed by atoms with van der Waals surface area (Å²) in [6.45, 7) is 2.23. The third-order valence-corrected chi connectivity index (χ3v) is 3.30. The molecule has 0 fully saturated rings. The van der Waals surface area contributed by atoms with E-state index in [0.717, 1.165) is 11.1 Å². The fourth-order valence-corrected chi connectivity index (χ4v) is 2.12. The van der Waals surface area contributed by atoms with Crippen molar-refractivity contribution in [1.82, 2.24) is 5.32 Å². The number of nitrogens with one attached hydrogen (secondary N) is 2. The molecule has 5 heteroatoms. The smallest absolute Gasteiger partial charge is 0.323 e. The molecule has 2 aromatic rings.